The van der Waals surface area contributed by atoms with E-state index in [-0.39, 0.29) is 12.5 Å². The summed E-state index contributed by atoms with van der Waals surface area (Å²) in [7, 11) is -4.57. The van der Waals surface area contributed by atoms with Crippen LogP contribution in [0.5, 0.6) is 0 Å². The number of nitrogens with zero attached hydrogens (tertiary/aromatic N) is 1. The number of hydrogen-bond acceptors (Lipinski definition) is 4. The van der Waals surface area contributed by atoms with Crippen molar-refractivity contribution in [3.63, 3.8) is 0 Å². The van der Waals surface area contributed by atoms with Crippen LogP contribution in [0.2, 0.25) is 0 Å². The van der Waals surface area contributed by atoms with Gasteiger partial charge in [-0.05, 0) is 24.5 Å². The van der Waals surface area contributed by atoms with Gasteiger partial charge < -0.3 is 4.74 Å². The maximum atomic E-state index is 11.4. The van der Waals surface area contributed by atoms with Gasteiger partial charge in [-0.2, -0.15) is 8.42 Å². The van der Waals surface area contributed by atoms with Crippen molar-refractivity contribution in [1.82, 2.24) is 0 Å². The quantitative estimate of drug-likeness (QED) is 0.172. The van der Waals surface area contributed by atoms with E-state index in [9.17, 15) is 13.0 Å². The Morgan fingerprint density at radius 1 is 1.09 bits per heavy atom. The molecule has 0 aromatic heterocycles. The fourth-order valence-electron chi connectivity index (χ4n) is 3.98. The van der Waals surface area contributed by atoms with Gasteiger partial charge in [-0.3, -0.25) is 4.55 Å². The minimum atomic E-state index is -4.57. The van der Waals surface area contributed by atoms with Crippen LogP contribution >= 0.6 is 0 Å². The molecule has 33 heavy (non-hydrogen) atoms. The summed E-state index contributed by atoms with van der Waals surface area (Å²) in [5.41, 5.74) is 2.38. The summed E-state index contributed by atoms with van der Waals surface area (Å²) in [6.07, 6.45) is 11.0. The Morgan fingerprint density at radius 3 is 2.64 bits per heavy atom. The number of fused-ring (bicyclic) bond motifs is 1. The molecule has 1 aromatic carbocycles. The van der Waals surface area contributed by atoms with E-state index in [0.717, 1.165) is 44.2 Å². The molecule has 2 atom stereocenters. The monoisotopic (exact) mass is 478 g/mol. The molecule has 0 bridgehead atoms. The predicted octanol–water partition coefficient (Wildman–Crippen LogP) is 4.66. The van der Waals surface area contributed by atoms with Gasteiger partial charge in [0.1, 0.15) is 6.54 Å². The summed E-state index contributed by atoms with van der Waals surface area (Å²) >= 11 is 0. The zero-order valence-corrected chi connectivity index (χ0v) is 21.0. The van der Waals surface area contributed by atoms with E-state index >= 15 is 0 Å². The third-order valence-electron chi connectivity index (χ3n) is 5.70. The van der Waals surface area contributed by atoms with E-state index in [0.29, 0.717) is 13.2 Å². The lowest BCUT2D eigenvalue weighted by molar-refractivity contribution is -0.532. The number of ether oxygens (including phenoxy) is 1. The summed E-state index contributed by atoms with van der Waals surface area (Å²) in [6.45, 7) is 5.90. The van der Waals surface area contributed by atoms with Gasteiger partial charge in [0, 0.05) is 24.3 Å². The molecule has 0 amide bonds. The molecule has 1 aromatic rings. The second kappa shape index (κ2) is 15.2. The number of rotatable bonds is 15. The second-order valence-corrected chi connectivity index (χ2v) is 9.78. The second-order valence-electron chi connectivity index (χ2n) is 8.73. The first-order valence-corrected chi connectivity index (χ1v) is 13.7. The minimum Gasteiger partial charge on any atom is -0.377 e. The van der Waals surface area contributed by atoms with Gasteiger partial charge in [-0.25, -0.2) is 8.76 Å². The van der Waals surface area contributed by atoms with Gasteiger partial charge in [-0.15, -0.1) is 5.92 Å². The molecule has 1 heterocycles. The molecule has 1 N–H and O–H groups in total. The molecule has 0 saturated heterocycles. The van der Waals surface area contributed by atoms with Gasteiger partial charge >= 0.3 is 10.4 Å². The number of benzene rings is 1. The molecule has 2 rings (SSSR count). The number of hydrogen-bond donors (Lipinski definition) is 1. The molecule has 1 aliphatic heterocycles. The Bertz CT molecular complexity index is 901. The molecule has 2 unspecified atom stereocenters. The fourth-order valence-corrected chi connectivity index (χ4v) is 4.44. The third-order valence-corrected chi connectivity index (χ3v) is 6.22. The van der Waals surface area contributed by atoms with E-state index in [1.165, 1.54) is 31.2 Å². The Kier molecular flexibility index (Phi) is 12.7. The lowest BCUT2D eigenvalue weighted by atomic mass is 10.0. The van der Waals surface area contributed by atoms with Crippen molar-refractivity contribution < 1.29 is 26.5 Å². The summed E-state index contributed by atoms with van der Waals surface area (Å²) in [5.74, 6) is 6.68. The highest BCUT2D eigenvalue weighted by Gasteiger charge is 2.25. The van der Waals surface area contributed by atoms with Crippen LogP contribution < -0.4 is 0 Å². The van der Waals surface area contributed by atoms with E-state index in [4.69, 9.17) is 8.92 Å². The summed E-state index contributed by atoms with van der Waals surface area (Å²) < 4.78 is 44.9. The molecular formula is C26H40NO5S+. The Morgan fingerprint density at radius 2 is 1.88 bits per heavy atom. The highest BCUT2D eigenvalue weighted by molar-refractivity contribution is 7.80. The Balaban J connectivity index is 1.93. The highest BCUT2D eigenvalue weighted by atomic mass is 32.3. The normalized spacial score (nSPS) is 15.2. The maximum absolute atomic E-state index is 11.4. The van der Waals surface area contributed by atoms with Gasteiger partial charge in [-0.1, -0.05) is 70.1 Å². The van der Waals surface area contributed by atoms with Gasteiger partial charge in [0.15, 0.2) is 18.9 Å². The van der Waals surface area contributed by atoms with Crippen molar-refractivity contribution >= 4 is 16.6 Å². The predicted molar refractivity (Wildman–Crippen MR) is 132 cm³/mol. The van der Waals surface area contributed by atoms with Crippen LogP contribution in [0.3, 0.4) is 0 Å². The lowest BCUT2D eigenvalue weighted by Crippen LogP contribution is -2.36. The van der Waals surface area contributed by atoms with E-state index < -0.39 is 16.5 Å². The zero-order chi connectivity index (χ0) is 23.9. The molecule has 0 aliphatic carbocycles. The van der Waals surface area contributed by atoms with Crippen LogP contribution in [0.1, 0.15) is 76.3 Å². The molecule has 0 fully saturated rings. The summed E-state index contributed by atoms with van der Waals surface area (Å²) in [6, 6.07) is 8.14. The van der Waals surface area contributed by atoms with Crippen LogP contribution in [-0.4, -0.2) is 56.2 Å². The van der Waals surface area contributed by atoms with Crippen molar-refractivity contribution in [1.29, 1.82) is 0 Å². The van der Waals surface area contributed by atoms with Crippen molar-refractivity contribution in [2.24, 2.45) is 5.92 Å². The SMILES string of the molecule is CCCC#CC(CCCCCCC)COCC(C[N+]1=Cc2ccccc2CC1)OS(=O)(=O)O. The molecule has 184 valence electrons. The van der Waals surface area contributed by atoms with Gasteiger partial charge in [0.25, 0.3) is 0 Å². The average molecular weight is 479 g/mol. The van der Waals surface area contributed by atoms with E-state index in [1.54, 1.807) is 0 Å². The molecule has 7 heteroatoms. The van der Waals surface area contributed by atoms with Crippen molar-refractivity contribution in [2.45, 2.75) is 77.7 Å². The summed E-state index contributed by atoms with van der Waals surface area (Å²) in [5, 5.41) is 0. The topological polar surface area (TPSA) is 75.8 Å². The molecule has 1 aliphatic rings. The molecule has 6 nitrogen and oxygen atoms in total. The number of unbranched alkanes of at least 4 members (excludes halogenated alkanes) is 5. The Labute approximate surface area is 200 Å². The highest BCUT2D eigenvalue weighted by Crippen LogP contribution is 2.14. The van der Waals surface area contributed by atoms with E-state index in [1.807, 2.05) is 29.0 Å². The smallest absolute Gasteiger partial charge is 0.377 e. The lowest BCUT2D eigenvalue weighted by Gasteiger charge is -2.18. The van der Waals surface area contributed by atoms with Crippen LogP contribution in [0.4, 0.5) is 0 Å². The first-order valence-electron chi connectivity index (χ1n) is 12.3. The maximum Gasteiger partial charge on any atom is 0.397 e. The molecule has 0 saturated carbocycles. The Hall–Kier alpha value is -1.72. The zero-order valence-electron chi connectivity index (χ0n) is 20.2. The van der Waals surface area contributed by atoms with E-state index in [2.05, 4.69) is 31.8 Å². The van der Waals surface area contributed by atoms with Crippen LogP contribution in [0.25, 0.3) is 0 Å². The molecular weight excluding hydrogens is 438 g/mol. The van der Waals surface area contributed by atoms with Crippen LogP contribution in [-0.2, 0) is 25.7 Å². The molecule has 0 radical (unpaired) electrons. The van der Waals surface area contributed by atoms with Crippen molar-refractivity contribution in [2.75, 3.05) is 26.3 Å². The summed E-state index contributed by atoms with van der Waals surface area (Å²) in [4.78, 5) is 0. The minimum absolute atomic E-state index is 0.0770. The van der Waals surface area contributed by atoms with Crippen LogP contribution in [0.15, 0.2) is 24.3 Å². The fraction of sp³-hybridized carbons (Fsp3) is 0.654. The first kappa shape index (κ1) is 27.5. The third kappa shape index (κ3) is 11.8. The van der Waals surface area contributed by atoms with Crippen molar-refractivity contribution in [3.8, 4) is 11.8 Å². The van der Waals surface area contributed by atoms with Crippen LogP contribution in [0, 0.1) is 17.8 Å². The van der Waals surface area contributed by atoms with Gasteiger partial charge in [0.2, 0.25) is 0 Å². The van der Waals surface area contributed by atoms with Gasteiger partial charge in [0.05, 0.1) is 13.2 Å². The standard InChI is InChI=1S/C26H39NO5S/c1-3-5-7-8-10-14-23(13-9-6-4-2)21-31-22-26(32-33(28,29)30)20-27-18-17-24-15-11-12-16-25(24)19-27/h11-12,15-16,19,23,26H,3-8,10,14,17-18,20-22H2,1-2H3/p+1. The van der Waals surface area contributed by atoms with Crippen molar-refractivity contribution in [3.05, 3.63) is 35.4 Å². The first-order chi connectivity index (χ1) is 15.9. The largest absolute Gasteiger partial charge is 0.397 e. The molecule has 0 spiro atoms. The average Bonchev–Trinajstić information content (AvgIpc) is 2.77.